The number of hydrogen-bond acceptors (Lipinski definition) is 3. The standard InChI is InChI=1S/C16H24BrN3/c1-19-7-2-8-20(10-9-19)16-11-14(17)4-3-13(16)12-18-15-5-6-15/h3-4,11,15,18H,2,5-10,12H2,1H3. The molecule has 3 rings (SSSR count). The molecule has 4 heteroatoms. The fourth-order valence-corrected chi connectivity index (χ4v) is 3.16. The topological polar surface area (TPSA) is 18.5 Å². The van der Waals surface area contributed by atoms with Gasteiger partial charge in [0, 0.05) is 42.4 Å². The molecule has 110 valence electrons. The van der Waals surface area contributed by atoms with E-state index in [0.29, 0.717) is 0 Å². The molecule has 1 saturated carbocycles. The molecule has 0 spiro atoms. The molecule has 1 saturated heterocycles. The lowest BCUT2D eigenvalue weighted by Crippen LogP contribution is -2.30. The smallest absolute Gasteiger partial charge is 0.0423 e. The Bertz CT molecular complexity index is 459. The third-order valence-electron chi connectivity index (χ3n) is 4.27. The van der Waals surface area contributed by atoms with Crippen molar-refractivity contribution in [1.29, 1.82) is 0 Å². The van der Waals surface area contributed by atoms with Crippen LogP contribution < -0.4 is 10.2 Å². The maximum atomic E-state index is 3.64. The normalized spacial score (nSPS) is 21.0. The van der Waals surface area contributed by atoms with Crippen LogP contribution in [0.2, 0.25) is 0 Å². The van der Waals surface area contributed by atoms with E-state index in [0.717, 1.165) is 32.2 Å². The maximum absolute atomic E-state index is 3.64. The molecule has 1 N–H and O–H groups in total. The van der Waals surface area contributed by atoms with Crippen LogP contribution in [0.1, 0.15) is 24.8 Å². The number of benzene rings is 1. The molecule has 2 aliphatic rings. The van der Waals surface area contributed by atoms with Gasteiger partial charge in [0.2, 0.25) is 0 Å². The Morgan fingerprint density at radius 2 is 2.05 bits per heavy atom. The molecule has 20 heavy (non-hydrogen) atoms. The second-order valence-corrected chi connectivity index (χ2v) is 6.99. The van der Waals surface area contributed by atoms with Gasteiger partial charge in [-0.2, -0.15) is 0 Å². The van der Waals surface area contributed by atoms with Crippen molar-refractivity contribution in [3.63, 3.8) is 0 Å². The lowest BCUT2D eigenvalue weighted by atomic mass is 10.1. The van der Waals surface area contributed by atoms with Crippen molar-refractivity contribution in [3.8, 4) is 0 Å². The van der Waals surface area contributed by atoms with E-state index in [1.807, 2.05) is 0 Å². The summed E-state index contributed by atoms with van der Waals surface area (Å²) in [6.45, 7) is 5.66. The number of likely N-dealkylation sites (N-methyl/N-ethyl adjacent to an activating group) is 1. The molecular formula is C16H24BrN3. The Labute approximate surface area is 130 Å². The predicted octanol–water partition coefficient (Wildman–Crippen LogP) is 2.84. The average Bonchev–Trinajstić information content (AvgIpc) is 3.25. The van der Waals surface area contributed by atoms with Crippen molar-refractivity contribution in [2.24, 2.45) is 0 Å². The number of rotatable bonds is 4. The summed E-state index contributed by atoms with van der Waals surface area (Å²) in [5.74, 6) is 0. The first-order valence-corrected chi connectivity index (χ1v) is 8.47. The van der Waals surface area contributed by atoms with Gasteiger partial charge < -0.3 is 15.1 Å². The van der Waals surface area contributed by atoms with Crippen molar-refractivity contribution < 1.29 is 0 Å². The van der Waals surface area contributed by atoms with Gasteiger partial charge in [-0.15, -0.1) is 0 Å². The van der Waals surface area contributed by atoms with Gasteiger partial charge in [-0.25, -0.2) is 0 Å². The molecule has 0 amide bonds. The third-order valence-corrected chi connectivity index (χ3v) is 4.76. The van der Waals surface area contributed by atoms with Gasteiger partial charge in [0.15, 0.2) is 0 Å². The van der Waals surface area contributed by atoms with E-state index >= 15 is 0 Å². The van der Waals surface area contributed by atoms with Crippen LogP contribution in [0.4, 0.5) is 5.69 Å². The third kappa shape index (κ3) is 3.74. The van der Waals surface area contributed by atoms with Gasteiger partial charge in [0.25, 0.3) is 0 Å². The zero-order valence-corrected chi connectivity index (χ0v) is 13.8. The van der Waals surface area contributed by atoms with Gasteiger partial charge in [-0.05, 0) is 50.6 Å². The highest BCUT2D eigenvalue weighted by Crippen LogP contribution is 2.27. The SMILES string of the molecule is CN1CCCN(c2cc(Br)ccc2CNC2CC2)CC1. The molecule has 0 atom stereocenters. The Kier molecular flexibility index (Phi) is 4.64. The Morgan fingerprint density at radius 3 is 2.85 bits per heavy atom. The summed E-state index contributed by atoms with van der Waals surface area (Å²) in [5, 5.41) is 3.64. The summed E-state index contributed by atoms with van der Waals surface area (Å²) in [6, 6.07) is 7.48. The number of nitrogens with zero attached hydrogens (tertiary/aromatic N) is 2. The molecule has 0 radical (unpaired) electrons. The van der Waals surface area contributed by atoms with Crippen molar-refractivity contribution >= 4 is 21.6 Å². The van der Waals surface area contributed by atoms with E-state index in [2.05, 4.69) is 56.3 Å². The van der Waals surface area contributed by atoms with Crippen molar-refractivity contribution in [3.05, 3.63) is 28.2 Å². The molecule has 1 aliphatic carbocycles. The fraction of sp³-hybridized carbons (Fsp3) is 0.625. The quantitative estimate of drug-likeness (QED) is 0.911. The Morgan fingerprint density at radius 1 is 1.20 bits per heavy atom. The first-order chi connectivity index (χ1) is 9.72. The van der Waals surface area contributed by atoms with Crippen LogP contribution in [0.25, 0.3) is 0 Å². The van der Waals surface area contributed by atoms with Gasteiger partial charge >= 0.3 is 0 Å². The van der Waals surface area contributed by atoms with Gasteiger partial charge in [-0.1, -0.05) is 22.0 Å². The van der Waals surface area contributed by atoms with E-state index in [-0.39, 0.29) is 0 Å². The van der Waals surface area contributed by atoms with Crippen LogP contribution in [-0.2, 0) is 6.54 Å². The van der Waals surface area contributed by atoms with E-state index < -0.39 is 0 Å². The first kappa shape index (κ1) is 14.4. The molecule has 1 aromatic rings. The number of anilines is 1. The number of halogens is 1. The van der Waals surface area contributed by atoms with Crippen LogP contribution in [0.5, 0.6) is 0 Å². The molecule has 0 unspecified atom stereocenters. The highest BCUT2D eigenvalue weighted by Gasteiger charge is 2.21. The van der Waals surface area contributed by atoms with Crippen LogP contribution >= 0.6 is 15.9 Å². The monoisotopic (exact) mass is 337 g/mol. The molecule has 1 aliphatic heterocycles. The van der Waals surface area contributed by atoms with E-state index in [9.17, 15) is 0 Å². The summed E-state index contributed by atoms with van der Waals surface area (Å²) in [7, 11) is 2.22. The Hall–Kier alpha value is -0.580. The molecule has 1 aromatic carbocycles. The fourth-order valence-electron chi connectivity index (χ4n) is 2.81. The molecule has 2 fully saturated rings. The lowest BCUT2D eigenvalue weighted by molar-refractivity contribution is 0.360. The molecule has 0 aromatic heterocycles. The summed E-state index contributed by atoms with van der Waals surface area (Å²) in [5.41, 5.74) is 2.84. The zero-order chi connectivity index (χ0) is 13.9. The Balaban J connectivity index is 1.76. The number of nitrogens with one attached hydrogen (secondary N) is 1. The minimum Gasteiger partial charge on any atom is -0.370 e. The number of hydrogen-bond donors (Lipinski definition) is 1. The molecular weight excluding hydrogens is 314 g/mol. The van der Waals surface area contributed by atoms with Crippen LogP contribution in [0.3, 0.4) is 0 Å². The van der Waals surface area contributed by atoms with Crippen molar-refractivity contribution in [1.82, 2.24) is 10.2 Å². The van der Waals surface area contributed by atoms with Crippen molar-refractivity contribution in [2.75, 3.05) is 38.1 Å². The van der Waals surface area contributed by atoms with Crippen molar-refractivity contribution in [2.45, 2.75) is 31.8 Å². The van der Waals surface area contributed by atoms with E-state index in [1.54, 1.807) is 0 Å². The van der Waals surface area contributed by atoms with Gasteiger partial charge in [0.1, 0.15) is 0 Å². The van der Waals surface area contributed by atoms with E-state index in [4.69, 9.17) is 0 Å². The lowest BCUT2D eigenvalue weighted by Gasteiger charge is -2.26. The average molecular weight is 338 g/mol. The molecule has 1 heterocycles. The van der Waals surface area contributed by atoms with E-state index in [1.165, 1.54) is 41.5 Å². The largest absolute Gasteiger partial charge is 0.370 e. The first-order valence-electron chi connectivity index (χ1n) is 7.68. The highest BCUT2D eigenvalue weighted by molar-refractivity contribution is 9.10. The maximum Gasteiger partial charge on any atom is 0.0423 e. The second-order valence-electron chi connectivity index (χ2n) is 6.07. The second kappa shape index (κ2) is 6.46. The van der Waals surface area contributed by atoms with Crippen LogP contribution in [0.15, 0.2) is 22.7 Å². The van der Waals surface area contributed by atoms with Gasteiger partial charge in [-0.3, -0.25) is 0 Å². The highest BCUT2D eigenvalue weighted by atomic mass is 79.9. The summed E-state index contributed by atoms with van der Waals surface area (Å²) in [6.07, 6.45) is 3.94. The molecule has 0 bridgehead atoms. The van der Waals surface area contributed by atoms with Gasteiger partial charge in [0.05, 0.1) is 0 Å². The minimum absolute atomic E-state index is 0.766. The predicted molar refractivity (Wildman–Crippen MR) is 88.3 cm³/mol. The zero-order valence-electron chi connectivity index (χ0n) is 12.2. The summed E-state index contributed by atoms with van der Waals surface area (Å²) >= 11 is 3.63. The minimum atomic E-state index is 0.766. The summed E-state index contributed by atoms with van der Waals surface area (Å²) < 4.78 is 1.18. The van der Waals surface area contributed by atoms with Crippen LogP contribution in [-0.4, -0.2) is 44.2 Å². The summed E-state index contributed by atoms with van der Waals surface area (Å²) in [4.78, 5) is 4.98. The molecule has 3 nitrogen and oxygen atoms in total. The van der Waals surface area contributed by atoms with Crippen LogP contribution in [0, 0.1) is 0 Å².